The number of halogens is 1. The van der Waals surface area contributed by atoms with Crippen LogP contribution in [0, 0.1) is 5.82 Å². The fourth-order valence-corrected chi connectivity index (χ4v) is 3.31. The van der Waals surface area contributed by atoms with Crippen LogP contribution >= 0.6 is 11.3 Å². The van der Waals surface area contributed by atoms with E-state index in [0.717, 1.165) is 5.56 Å². The maximum absolute atomic E-state index is 12.9. The van der Waals surface area contributed by atoms with Crippen LogP contribution < -0.4 is 16.2 Å². The number of hydrogen-bond acceptors (Lipinski definition) is 5. The van der Waals surface area contributed by atoms with Crippen molar-refractivity contribution >= 4 is 28.3 Å². The van der Waals surface area contributed by atoms with Gasteiger partial charge in [-0.3, -0.25) is 19.7 Å². The van der Waals surface area contributed by atoms with Gasteiger partial charge < -0.3 is 10.3 Å². The van der Waals surface area contributed by atoms with Crippen molar-refractivity contribution in [1.29, 1.82) is 0 Å². The van der Waals surface area contributed by atoms with Crippen molar-refractivity contribution in [3.63, 3.8) is 0 Å². The van der Waals surface area contributed by atoms with E-state index in [1.165, 1.54) is 35.7 Å². The first-order chi connectivity index (χ1) is 14.0. The summed E-state index contributed by atoms with van der Waals surface area (Å²) in [6, 6.07) is 9.16. The van der Waals surface area contributed by atoms with E-state index in [9.17, 15) is 18.8 Å². The van der Waals surface area contributed by atoms with E-state index in [4.69, 9.17) is 0 Å². The lowest BCUT2D eigenvalue weighted by Gasteiger charge is -2.05. The number of anilines is 1. The van der Waals surface area contributed by atoms with E-state index in [2.05, 4.69) is 20.6 Å². The normalized spacial score (nSPS) is 10.5. The van der Waals surface area contributed by atoms with Crippen LogP contribution in [-0.4, -0.2) is 28.3 Å². The first-order valence-electron chi connectivity index (χ1n) is 8.96. The second kappa shape index (κ2) is 9.74. The maximum atomic E-state index is 12.9. The van der Waals surface area contributed by atoms with Crippen LogP contribution in [0.3, 0.4) is 0 Å². The number of pyridine rings is 1. The zero-order valence-corrected chi connectivity index (χ0v) is 16.2. The molecule has 0 spiro atoms. The van der Waals surface area contributed by atoms with E-state index in [1.807, 2.05) is 0 Å². The third kappa shape index (κ3) is 6.08. The highest BCUT2D eigenvalue weighted by Gasteiger charge is 2.12. The van der Waals surface area contributed by atoms with Crippen molar-refractivity contribution in [2.24, 2.45) is 0 Å². The van der Waals surface area contributed by atoms with Gasteiger partial charge in [0.2, 0.25) is 5.91 Å². The smallest absolute Gasteiger partial charge is 0.263 e. The SMILES string of the molecule is O=C(CCc1csc(NC(=O)c2ccc[nH]c2=O)n1)NCCc1ccc(F)cc1. The average Bonchev–Trinajstić information content (AvgIpc) is 3.15. The summed E-state index contributed by atoms with van der Waals surface area (Å²) in [5.41, 5.74) is 1.16. The molecule has 1 aromatic carbocycles. The summed E-state index contributed by atoms with van der Waals surface area (Å²) in [4.78, 5) is 42.4. The van der Waals surface area contributed by atoms with Crippen molar-refractivity contribution in [3.05, 3.63) is 81.0 Å². The molecule has 2 heterocycles. The monoisotopic (exact) mass is 414 g/mol. The van der Waals surface area contributed by atoms with Gasteiger partial charge in [-0.2, -0.15) is 0 Å². The number of nitrogens with one attached hydrogen (secondary N) is 3. The fraction of sp³-hybridized carbons (Fsp3) is 0.200. The number of aryl methyl sites for hydroxylation is 1. The van der Waals surface area contributed by atoms with Crippen LogP contribution in [0.1, 0.15) is 28.0 Å². The minimum Gasteiger partial charge on any atom is -0.356 e. The van der Waals surface area contributed by atoms with Gasteiger partial charge in [0.25, 0.3) is 11.5 Å². The Labute approximate surface area is 170 Å². The molecule has 0 unspecified atom stereocenters. The van der Waals surface area contributed by atoms with Crippen LogP contribution in [0.5, 0.6) is 0 Å². The van der Waals surface area contributed by atoms with Crippen LogP contribution in [0.4, 0.5) is 9.52 Å². The summed E-state index contributed by atoms with van der Waals surface area (Å²) in [6.45, 7) is 0.467. The molecule has 150 valence electrons. The largest absolute Gasteiger partial charge is 0.356 e. The molecule has 9 heteroatoms. The molecule has 0 aliphatic rings. The molecule has 0 bridgehead atoms. The molecular weight excluding hydrogens is 395 g/mol. The Morgan fingerprint density at radius 3 is 2.69 bits per heavy atom. The Bertz CT molecular complexity index is 1050. The van der Waals surface area contributed by atoms with E-state index in [1.54, 1.807) is 23.6 Å². The van der Waals surface area contributed by atoms with Gasteiger partial charge in [-0.15, -0.1) is 11.3 Å². The average molecular weight is 414 g/mol. The summed E-state index contributed by atoms with van der Waals surface area (Å²) < 4.78 is 12.9. The van der Waals surface area contributed by atoms with E-state index in [-0.39, 0.29) is 23.7 Å². The van der Waals surface area contributed by atoms with Gasteiger partial charge in [0.15, 0.2) is 5.13 Å². The number of thiazole rings is 1. The van der Waals surface area contributed by atoms with Crippen molar-refractivity contribution < 1.29 is 14.0 Å². The predicted molar refractivity (Wildman–Crippen MR) is 109 cm³/mol. The Morgan fingerprint density at radius 1 is 1.14 bits per heavy atom. The highest BCUT2D eigenvalue weighted by molar-refractivity contribution is 7.14. The second-order valence-electron chi connectivity index (χ2n) is 6.24. The molecule has 0 aliphatic carbocycles. The van der Waals surface area contributed by atoms with E-state index >= 15 is 0 Å². The number of amides is 2. The molecule has 0 radical (unpaired) electrons. The van der Waals surface area contributed by atoms with Crippen molar-refractivity contribution in [1.82, 2.24) is 15.3 Å². The summed E-state index contributed by atoms with van der Waals surface area (Å²) in [6.07, 6.45) is 2.77. The minimum absolute atomic E-state index is 0.00443. The molecule has 2 amide bonds. The molecule has 7 nitrogen and oxygen atoms in total. The van der Waals surface area contributed by atoms with Gasteiger partial charge in [0, 0.05) is 24.5 Å². The molecular formula is C20H19FN4O3S. The van der Waals surface area contributed by atoms with Gasteiger partial charge in [-0.05, 0) is 42.7 Å². The first-order valence-corrected chi connectivity index (χ1v) is 9.84. The van der Waals surface area contributed by atoms with Crippen molar-refractivity contribution in [2.45, 2.75) is 19.3 Å². The molecule has 0 fully saturated rings. The van der Waals surface area contributed by atoms with Crippen LogP contribution in [0.25, 0.3) is 0 Å². The van der Waals surface area contributed by atoms with Gasteiger partial charge in [-0.25, -0.2) is 9.37 Å². The topological polar surface area (TPSA) is 104 Å². The molecule has 0 saturated heterocycles. The zero-order chi connectivity index (χ0) is 20.6. The quantitative estimate of drug-likeness (QED) is 0.527. The van der Waals surface area contributed by atoms with Gasteiger partial charge in [0.05, 0.1) is 5.69 Å². The number of H-pyrrole nitrogens is 1. The predicted octanol–water partition coefficient (Wildman–Crippen LogP) is 2.51. The minimum atomic E-state index is -0.536. The highest BCUT2D eigenvalue weighted by atomic mass is 32.1. The van der Waals surface area contributed by atoms with Gasteiger partial charge in [0.1, 0.15) is 11.4 Å². The number of carbonyl (C=O) groups excluding carboxylic acids is 2. The second-order valence-corrected chi connectivity index (χ2v) is 7.10. The Hall–Kier alpha value is -3.33. The summed E-state index contributed by atoms with van der Waals surface area (Å²) in [5.74, 6) is -0.931. The highest BCUT2D eigenvalue weighted by Crippen LogP contribution is 2.17. The Kier molecular flexibility index (Phi) is 6.85. The van der Waals surface area contributed by atoms with Crippen LogP contribution in [0.15, 0.2) is 52.8 Å². The lowest BCUT2D eigenvalue weighted by Crippen LogP contribution is -2.25. The van der Waals surface area contributed by atoms with Crippen molar-refractivity contribution in [3.8, 4) is 0 Å². The number of rotatable bonds is 8. The number of nitrogens with zero attached hydrogens (tertiary/aromatic N) is 1. The van der Waals surface area contributed by atoms with Gasteiger partial charge in [-0.1, -0.05) is 12.1 Å². The third-order valence-electron chi connectivity index (χ3n) is 4.09. The number of benzene rings is 1. The number of hydrogen-bond donors (Lipinski definition) is 3. The lowest BCUT2D eigenvalue weighted by molar-refractivity contribution is -0.121. The lowest BCUT2D eigenvalue weighted by atomic mass is 10.1. The molecule has 29 heavy (non-hydrogen) atoms. The molecule has 2 aromatic heterocycles. The Balaban J connectivity index is 1.42. The van der Waals surface area contributed by atoms with Gasteiger partial charge >= 0.3 is 0 Å². The fourth-order valence-electron chi connectivity index (χ4n) is 2.57. The first kappa shape index (κ1) is 20.4. The molecule has 3 N–H and O–H groups in total. The number of aromatic amines is 1. The number of aromatic nitrogens is 2. The number of carbonyl (C=O) groups is 2. The van der Waals surface area contributed by atoms with Crippen LogP contribution in [0.2, 0.25) is 0 Å². The summed E-state index contributed by atoms with van der Waals surface area (Å²) in [5, 5.41) is 7.53. The zero-order valence-electron chi connectivity index (χ0n) is 15.4. The molecule has 0 saturated carbocycles. The molecule has 3 rings (SSSR count). The van der Waals surface area contributed by atoms with E-state index in [0.29, 0.717) is 30.2 Å². The standard InChI is InChI=1S/C20H19FN4O3S/c21-14-5-3-13(4-6-14)9-11-22-17(26)8-7-15-12-29-20(24-15)25-19(28)16-2-1-10-23-18(16)27/h1-6,10,12H,7-9,11H2,(H,22,26)(H,23,27)(H,24,25,28). The summed E-state index contributed by atoms with van der Waals surface area (Å²) >= 11 is 1.23. The summed E-state index contributed by atoms with van der Waals surface area (Å²) in [7, 11) is 0. The molecule has 0 aliphatic heterocycles. The molecule has 3 aromatic rings. The van der Waals surface area contributed by atoms with Crippen molar-refractivity contribution in [2.75, 3.05) is 11.9 Å². The Morgan fingerprint density at radius 2 is 1.93 bits per heavy atom. The van der Waals surface area contributed by atoms with E-state index < -0.39 is 11.5 Å². The van der Waals surface area contributed by atoms with Crippen LogP contribution in [-0.2, 0) is 17.6 Å². The third-order valence-corrected chi connectivity index (χ3v) is 4.90. The maximum Gasteiger partial charge on any atom is 0.263 e. The molecule has 0 atom stereocenters.